The molecule has 1 fully saturated rings. The summed E-state index contributed by atoms with van der Waals surface area (Å²) >= 11 is 5.83. The summed E-state index contributed by atoms with van der Waals surface area (Å²) in [6, 6.07) is 6.52. The molecule has 1 unspecified atom stereocenters. The number of hydrogen-bond donors (Lipinski definition) is 1. The molecular weight excluding hydrogens is 316 g/mol. The first-order chi connectivity index (χ1) is 10.7. The van der Waals surface area contributed by atoms with E-state index in [9.17, 15) is 14.7 Å². The van der Waals surface area contributed by atoms with Gasteiger partial charge in [0.05, 0.1) is 6.10 Å². The van der Waals surface area contributed by atoms with Crippen LogP contribution >= 0.6 is 11.6 Å². The average molecular weight is 339 g/mol. The second-order valence-electron chi connectivity index (χ2n) is 7.18. The van der Waals surface area contributed by atoms with Gasteiger partial charge in [-0.25, -0.2) is 0 Å². The summed E-state index contributed by atoms with van der Waals surface area (Å²) in [5, 5.41) is 10.7. The highest BCUT2D eigenvalue weighted by Gasteiger charge is 2.31. The molecule has 1 saturated heterocycles. The summed E-state index contributed by atoms with van der Waals surface area (Å²) in [6.07, 6.45) is -0.750. The van der Waals surface area contributed by atoms with Gasteiger partial charge in [-0.2, -0.15) is 0 Å². The maximum absolute atomic E-state index is 12.5. The van der Waals surface area contributed by atoms with E-state index in [1.54, 1.807) is 29.2 Å². The van der Waals surface area contributed by atoms with Crippen LogP contribution in [0.25, 0.3) is 0 Å². The Hall–Kier alpha value is -1.59. The molecule has 126 valence electrons. The van der Waals surface area contributed by atoms with Crippen LogP contribution in [0, 0.1) is 5.41 Å². The summed E-state index contributed by atoms with van der Waals surface area (Å²) in [6.45, 7) is 7.03. The maximum atomic E-state index is 12.5. The van der Waals surface area contributed by atoms with Crippen molar-refractivity contribution >= 4 is 23.4 Å². The number of amides is 2. The van der Waals surface area contributed by atoms with Crippen LogP contribution in [-0.4, -0.2) is 59.0 Å². The Morgan fingerprint density at radius 1 is 1.26 bits per heavy atom. The Morgan fingerprint density at radius 2 is 1.87 bits per heavy atom. The second-order valence-corrected chi connectivity index (χ2v) is 7.62. The van der Waals surface area contributed by atoms with E-state index in [1.165, 1.54) is 4.90 Å². The lowest BCUT2D eigenvalue weighted by atomic mass is 9.96. The average Bonchev–Trinajstić information content (AvgIpc) is 2.56. The zero-order valence-electron chi connectivity index (χ0n) is 13.8. The molecule has 0 spiro atoms. The third-order valence-corrected chi connectivity index (χ3v) is 3.84. The van der Waals surface area contributed by atoms with Crippen LogP contribution in [0.4, 0.5) is 0 Å². The number of benzene rings is 1. The number of carbonyl (C=O) groups is 2. The lowest BCUT2D eigenvalue weighted by Crippen LogP contribution is -2.42. The van der Waals surface area contributed by atoms with E-state index in [2.05, 4.69) is 0 Å². The van der Waals surface area contributed by atoms with Crippen molar-refractivity contribution in [1.29, 1.82) is 0 Å². The Bertz CT molecular complexity index is 580. The maximum Gasteiger partial charge on any atom is 0.254 e. The van der Waals surface area contributed by atoms with E-state index >= 15 is 0 Å². The van der Waals surface area contributed by atoms with Crippen molar-refractivity contribution in [3.63, 3.8) is 0 Å². The van der Waals surface area contributed by atoms with Gasteiger partial charge in [0.15, 0.2) is 0 Å². The van der Waals surface area contributed by atoms with Crippen LogP contribution in [0.3, 0.4) is 0 Å². The zero-order valence-corrected chi connectivity index (χ0v) is 14.5. The third-order valence-electron chi connectivity index (χ3n) is 3.58. The van der Waals surface area contributed by atoms with Crippen molar-refractivity contribution in [2.24, 2.45) is 5.41 Å². The van der Waals surface area contributed by atoms with Crippen LogP contribution in [0.5, 0.6) is 0 Å². The quantitative estimate of drug-likeness (QED) is 0.897. The molecule has 23 heavy (non-hydrogen) atoms. The minimum absolute atomic E-state index is 0.0192. The summed E-state index contributed by atoms with van der Waals surface area (Å²) < 4.78 is 0. The lowest BCUT2D eigenvalue weighted by Gasteiger charge is -2.29. The van der Waals surface area contributed by atoms with E-state index in [0.717, 1.165) is 0 Å². The monoisotopic (exact) mass is 338 g/mol. The van der Waals surface area contributed by atoms with Crippen LogP contribution in [0.15, 0.2) is 24.3 Å². The molecule has 1 atom stereocenters. The predicted molar refractivity (Wildman–Crippen MR) is 89.4 cm³/mol. The van der Waals surface area contributed by atoms with Gasteiger partial charge in [-0.1, -0.05) is 32.4 Å². The number of halogens is 1. The Labute approximate surface area is 141 Å². The predicted octanol–water partition coefficient (Wildman–Crippen LogP) is 2.03. The minimum Gasteiger partial charge on any atom is -0.389 e. The first-order valence-electron chi connectivity index (χ1n) is 7.66. The van der Waals surface area contributed by atoms with E-state index in [-0.39, 0.29) is 36.9 Å². The van der Waals surface area contributed by atoms with Crippen molar-refractivity contribution in [2.45, 2.75) is 26.9 Å². The van der Waals surface area contributed by atoms with Gasteiger partial charge in [-0.15, -0.1) is 0 Å². The van der Waals surface area contributed by atoms with E-state index < -0.39 is 6.10 Å². The van der Waals surface area contributed by atoms with Crippen LogP contribution < -0.4 is 0 Å². The molecule has 0 bridgehead atoms. The number of hydrogen-bond acceptors (Lipinski definition) is 3. The number of aliphatic hydroxyl groups is 1. The first-order valence-corrected chi connectivity index (χ1v) is 8.04. The number of nitrogens with zero attached hydrogens (tertiary/aromatic N) is 2. The fraction of sp³-hybridized carbons (Fsp3) is 0.529. The highest BCUT2D eigenvalue weighted by atomic mass is 35.5. The molecule has 0 saturated carbocycles. The van der Waals surface area contributed by atoms with Gasteiger partial charge in [0.1, 0.15) is 6.54 Å². The van der Waals surface area contributed by atoms with Crippen molar-refractivity contribution in [1.82, 2.24) is 9.80 Å². The molecule has 1 aliphatic heterocycles. The van der Waals surface area contributed by atoms with Gasteiger partial charge in [0.25, 0.3) is 5.91 Å². The van der Waals surface area contributed by atoms with Gasteiger partial charge in [0, 0.05) is 30.2 Å². The van der Waals surface area contributed by atoms with Crippen LogP contribution in [0.1, 0.15) is 31.1 Å². The smallest absolute Gasteiger partial charge is 0.254 e. The lowest BCUT2D eigenvalue weighted by molar-refractivity contribution is -0.132. The molecule has 1 aromatic rings. The van der Waals surface area contributed by atoms with Gasteiger partial charge >= 0.3 is 0 Å². The molecule has 0 radical (unpaired) electrons. The summed E-state index contributed by atoms with van der Waals surface area (Å²) in [4.78, 5) is 28.0. The molecule has 1 heterocycles. The Balaban J connectivity index is 2.14. The van der Waals surface area contributed by atoms with Crippen molar-refractivity contribution in [3.8, 4) is 0 Å². The summed E-state index contributed by atoms with van der Waals surface area (Å²) in [7, 11) is 0. The highest BCUT2D eigenvalue weighted by molar-refractivity contribution is 6.30. The highest BCUT2D eigenvalue weighted by Crippen LogP contribution is 2.18. The van der Waals surface area contributed by atoms with Crippen molar-refractivity contribution < 1.29 is 14.7 Å². The molecular formula is C17H23ClN2O3. The molecule has 2 rings (SSSR count). The number of carbonyl (C=O) groups excluding carboxylic acids is 2. The normalized spacial score (nSPS) is 19.7. The fourth-order valence-electron chi connectivity index (χ4n) is 2.65. The number of aliphatic hydroxyl groups excluding tert-OH is 1. The molecule has 0 aromatic heterocycles. The molecule has 2 amide bonds. The summed E-state index contributed by atoms with van der Waals surface area (Å²) in [5.41, 5.74) is 0.392. The topological polar surface area (TPSA) is 60.9 Å². The number of β-amino-alcohol motifs (C(OH)–C–C–N with tert-alkyl or cyclic N) is 1. The van der Waals surface area contributed by atoms with Crippen molar-refractivity contribution in [2.75, 3.05) is 26.2 Å². The van der Waals surface area contributed by atoms with Gasteiger partial charge < -0.3 is 14.9 Å². The largest absolute Gasteiger partial charge is 0.389 e. The summed E-state index contributed by atoms with van der Waals surface area (Å²) in [5.74, 6) is -0.412. The first kappa shape index (κ1) is 17.8. The Kier molecular flexibility index (Phi) is 5.32. The van der Waals surface area contributed by atoms with Crippen molar-refractivity contribution in [3.05, 3.63) is 34.9 Å². The third kappa shape index (κ3) is 4.94. The van der Waals surface area contributed by atoms with Gasteiger partial charge in [-0.05, 0) is 29.7 Å². The fourth-order valence-corrected chi connectivity index (χ4v) is 2.78. The van der Waals surface area contributed by atoms with Gasteiger partial charge in [-0.3, -0.25) is 9.59 Å². The van der Waals surface area contributed by atoms with E-state index in [0.29, 0.717) is 17.1 Å². The molecule has 6 heteroatoms. The van der Waals surface area contributed by atoms with E-state index in [1.807, 2.05) is 20.8 Å². The SMILES string of the molecule is CC(C)(C)CN1CC(O)CN(C(=O)c2ccc(Cl)cc2)CC1=O. The van der Waals surface area contributed by atoms with Crippen LogP contribution in [-0.2, 0) is 4.79 Å². The zero-order chi connectivity index (χ0) is 17.2. The molecule has 0 aliphatic carbocycles. The Morgan fingerprint density at radius 3 is 2.43 bits per heavy atom. The molecule has 5 nitrogen and oxygen atoms in total. The van der Waals surface area contributed by atoms with E-state index in [4.69, 9.17) is 11.6 Å². The van der Waals surface area contributed by atoms with Crippen LogP contribution in [0.2, 0.25) is 5.02 Å². The standard InChI is InChI=1S/C17H23ClN2O3/c1-17(2,3)11-20-9-14(21)8-19(10-15(20)22)16(23)12-4-6-13(18)7-5-12/h4-7,14,21H,8-11H2,1-3H3. The molecule has 1 aliphatic rings. The number of rotatable bonds is 2. The molecule has 1 N–H and O–H groups in total. The van der Waals surface area contributed by atoms with Gasteiger partial charge in [0.2, 0.25) is 5.91 Å². The minimum atomic E-state index is -0.750. The molecule has 1 aromatic carbocycles. The second kappa shape index (κ2) is 6.89.